The molecule has 4 rings (SSSR count). The van der Waals surface area contributed by atoms with Gasteiger partial charge in [-0.3, -0.25) is 0 Å². The maximum Gasteiger partial charge on any atom is 0.347 e. The molecule has 1 saturated heterocycles. The summed E-state index contributed by atoms with van der Waals surface area (Å²) < 4.78 is 15.9. The maximum absolute atomic E-state index is 12.5. The summed E-state index contributed by atoms with van der Waals surface area (Å²) in [5, 5.41) is 43.1. The highest BCUT2D eigenvalue weighted by atomic mass is 16.6. The second-order valence-electron chi connectivity index (χ2n) is 6.98. The van der Waals surface area contributed by atoms with Crippen molar-refractivity contribution in [2.45, 2.75) is 37.6 Å². The average Bonchev–Trinajstić information content (AvgIpc) is 3.22. The number of benzene rings is 1. The van der Waals surface area contributed by atoms with Gasteiger partial charge in [-0.2, -0.15) is 0 Å². The van der Waals surface area contributed by atoms with E-state index in [9.17, 15) is 20.1 Å². The largest absolute Gasteiger partial charge is 0.464 e. The number of hydrogen-bond donors (Lipinski definition) is 5. The normalized spacial score (nSPS) is 27.3. The van der Waals surface area contributed by atoms with Crippen LogP contribution in [0.15, 0.2) is 50.2 Å². The molecule has 2 aromatic heterocycles. The number of anilines is 1. The lowest BCUT2D eigenvalue weighted by atomic mass is 9.96. The average molecular weight is 403 g/mol. The van der Waals surface area contributed by atoms with E-state index in [1.807, 2.05) is 0 Å². The molecule has 5 N–H and O–H groups in total. The van der Waals surface area contributed by atoms with E-state index in [4.69, 9.17) is 18.7 Å². The lowest BCUT2D eigenvalue weighted by Crippen LogP contribution is -2.61. The summed E-state index contributed by atoms with van der Waals surface area (Å²) in [6, 6.07) is 7.28. The smallest absolute Gasteiger partial charge is 0.347 e. The quantitative estimate of drug-likeness (QED) is 0.395. The molecule has 1 aliphatic rings. The number of aryl methyl sites for hydroxylation is 1. The summed E-state index contributed by atoms with van der Waals surface area (Å²) in [5.41, 5.74) is 1.23. The fourth-order valence-electron chi connectivity index (χ4n) is 3.60. The standard InChI is InChI=1S/C20H21NO8/c1-9-11-5-4-10(21-16-18(24)17(23)14(8-22)29-20(16)26)7-13(11)28-19(25)15(9)12-3-2-6-27-12/h2-7,14,16-18,20-24,26H,8H2,1H3/t14?,16?,17-,18-,20-/m0/s1. The van der Waals surface area contributed by atoms with Crippen LogP contribution in [-0.4, -0.2) is 57.7 Å². The zero-order valence-electron chi connectivity index (χ0n) is 15.5. The highest BCUT2D eigenvalue weighted by Gasteiger charge is 2.43. The van der Waals surface area contributed by atoms with Crippen LogP contribution in [0.2, 0.25) is 0 Å². The molecule has 0 amide bonds. The Kier molecular flexibility index (Phi) is 5.15. The van der Waals surface area contributed by atoms with Gasteiger partial charge in [0.25, 0.3) is 0 Å². The molecule has 0 spiro atoms. The molecule has 1 aliphatic heterocycles. The molecule has 0 saturated carbocycles. The van der Waals surface area contributed by atoms with Crippen molar-refractivity contribution >= 4 is 16.7 Å². The number of ether oxygens (including phenoxy) is 1. The minimum atomic E-state index is -1.46. The Balaban J connectivity index is 1.66. The van der Waals surface area contributed by atoms with E-state index < -0.39 is 42.9 Å². The van der Waals surface area contributed by atoms with E-state index in [2.05, 4.69) is 5.32 Å². The molecule has 0 bridgehead atoms. The number of fused-ring (bicyclic) bond motifs is 1. The molecule has 29 heavy (non-hydrogen) atoms. The molecule has 0 radical (unpaired) electrons. The zero-order chi connectivity index (χ0) is 20.7. The van der Waals surface area contributed by atoms with Gasteiger partial charge in [0.2, 0.25) is 0 Å². The second kappa shape index (κ2) is 7.62. The van der Waals surface area contributed by atoms with Crippen LogP contribution in [0.25, 0.3) is 22.3 Å². The van der Waals surface area contributed by atoms with Crippen LogP contribution >= 0.6 is 0 Å². The Bertz CT molecular complexity index is 1060. The molecular formula is C20H21NO8. The Morgan fingerprint density at radius 2 is 1.93 bits per heavy atom. The van der Waals surface area contributed by atoms with Crippen LogP contribution in [0.3, 0.4) is 0 Å². The molecule has 9 nitrogen and oxygen atoms in total. The van der Waals surface area contributed by atoms with Crippen LogP contribution in [0.5, 0.6) is 0 Å². The van der Waals surface area contributed by atoms with Crippen molar-refractivity contribution in [3.8, 4) is 11.3 Å². The number of hydrogen-bond acceptors (Lipinski definition) is 9. The first-order chi connectivity index (χ1) is 13.9. The summed E-state index contributed by atoms with van der Waals surface area (Å²) in [6.07, 6.45) is -3.84. The van der Waals surface area contributed by atoms with E-state index in [0.29, 0.717) is 33.5 Å². The monoisotopic (exact) mass is 403 g/mol. The van der Waals surface area contributed by atoms with Crippen LogP contribution in [-0.2, 0) is 4.74 Å². The minimum Gasteiger partial charge on any atom is -0.464 e. The number of aliphatic hydroxyl groups is 4. The first kappa shape index (κ1) is 19.6. The number of furan rings is 1. The zero-order valence-corrected chi connectivity index (χ0v) is 15.5. The van der Waals surface area contributed by atoms with Gasteiger partial charge in [0.15, 0.2) is 6.29 Å². The van der Waals surface area contributed by atoms with Crippen molar-refractivity contribution in [3.05, 3.63) is 52.6 Å². The van der Waals surface area contributed by atoms with Crippen LogP contribution < -0.4 is 10.9 Å². The van der Waals surface area contributed by atoms with Crippen molar-refractivity contribution in [1.29, 1.82) is 0 Å². The summed E-state index contributed by atoms with van der Waals surface area (Å²) in [6.45, 7) is 1.25. The Labute approximate surface area is 164 Å². The third-order valence-electron chi connectivity index (χ3n) is 5.17. The SMILES string of the molecule is Cc1c(-c2ccco2)c(=O)oc2cc(NC3[C@@H](O)OC(CO)[C@H](O)[C@H]3O)ccc12. The van der Waals surface area contributed by atoms with Crippen molar-refractivity contribution in [1.82, 2.24) is 0 Å². The topological polar surface area (TPSA) is 146 Å². The third kappa shape index (κ3) is 3.43. The van der Waals surface area contributed by atoms with Gasteiger partial charge in [-0.05, 0) is 36.8 Å². The first-order valence-corrected chi connectivity index (χ1v) is 9.09. The lowest BCUT2D eigenvalue weighted by Gasteiger charge is -2.40. The van der Waals surface area contributed by atoms with Gasteiger partial charge in [0, 0.05) is 17.1 Å². The van der Waals surface area contributed by atoms with Gasteiger partial charge in [-0.1, -0.05) is 0 Å². The van der Waals surface area contributed by atoms with Gasteiger partial charge in [-0.25, -0.2) is 4.79 Å². The second-order valence-corrected chi connectivity index (χ2v) is 6.98. The van der Waals surface area contributed by atoms with Gasteiger partial charge in [0.05, 0.1) is 12.9 Å². The minimum absolute atomic E-state index is 0.308. The van der Waals surface area contributed by atoms with E-state index in [0.717, 1.165) is 0 Å². The van der Waals surface area contributed by atoms with E-state index >= 15 is 0 Å². The highest BCUT2D eigenvalue weighted by Crippen LogP contribution is 2.30. The predicted octanol–water partition coefficient (Wildman–Crippen LogP) is 0.573. The van der Waals surface area contributed by atoms with E-state index in [-0.39, 0.29) is 0 Å². The number of rotatable bonds is 4. The summed E-state index contributed by atoms with van der Waals surface area (Å²) in [5.74, 6) is 0.415. The number of aliphatic hydroxyl groups excluding tert-OH is 4. The molecular weight excluding hydrogens is 382 g/mol. The summed E-state index contributed by atoms with van der Waals surface area (Å²) >= 11 is 0. The van der Waals surface area contributed by atoms with Crippen molar-refractivity contribution in [2.75, 3.05) is 11.9 Å². The fraction of sp³-hybridized carbons (Fsp3) is 0.350. The highest BCUT2D eigenvalue weighted by molar-refractivity contribution is 5.87. The molecule has 2 unspecified atom stereocenters. The molecule has 1 aromatic carbocycles. The van der Waals surface area contributed by atoms with Crippen molar-refractivity contribution in [3.63, 3.8) is 0 Å². The van der Waals surface area contributed by atoms with Crippen molar-refractivity contribution < 1.29 is 34.0 Å². The van der Waals surface area contributed by atoms with E-state index in [1.54, 1.807) is 37.3 Å². The molecule has 9 heteroatoms. The predicted molar refractivity (Wildman–Crippen MR) is 102 cm³/mol. The Morgan fingerprint density at radius 3 is 2.62 bits per heavy atom. The van der Waals surface area contributed by atoms with Crippen LogP contribution in [0, 0.1) is 6.92 Å². The number of nitrogens with one attached hydrogen (secondary N) is 1. The Hall–Kier alpha value is -2.69. The van der Waals surface area contributed by atoms with E-state index in [1.165, 1.54) is 6.26 Å². The van der Waals surface area contributed by atoms with Gasteiger partial charge in [-0.15, -0.1) is 0 Å². The maximum atomic E-state index is 12.5. The Morgan fingerprint density at radius 1 is 1.14 bits per heavy atom. The molecule has 5 atom stereocenters. The third-order valence-corrected chi connectivity index (χ3v) is 5.17. The molecule has 3 heterocycles. The van der Waals surface area contributed by atoms with Crippen molar-refractivity contribution in [2.24, 2.45) is 0 Å². The van der Waals surface area contributed by atoms with Crippen LogP contribution in [0.1, 0.15) is 5.56 Å². The molecule has 1 fully saturated rings. The molecule has 0 aliphatic carbocycles. The first-order valence-electron chi connectivity index (χ1n) is 9.09. The molecule has 3 aromatic rings. The summed E-state index contributed by atoms with van der Waals surface area (Å²) in [4.78, 5) is 12.5. The molecule has 154 valence electrons. The fourth-order valence-corrected chi connectivity index (χ4v) is 3.60. The van der Waals surface area contributed by atoms with Gasteiger partial charge < -0.3 is 39.3 Å². The summed E-state index contributed by atoms with van der Waals surface area (Å²) in [7, 11) is 0. The van der Waals surface area contributed by atoms with Gasteiger partial charge >= 0.3 is 5.63 Å². The van der Waals surface area contributed by atoms with Crippen LogP contribution in [0.4, 0.5) is 5.69 Å². The lowest BCUT2D eigenvalue weighted by molar-refractivity contribution is -0.245. The van der Waals surface area contributed by atoms with Gasteiger partial charge in [0.1, 0.15) is 41.3 Å².